The molecule has 1 amide bonds. The van der Waals surface area contributed by atoms with Crippen molar-refractivity contribution in [2.24, 2.45) is 0 Å². The maximum absolute atomic E-state index is 13.5. The molecular weight excluding hydrogens is 1120 g/mol. The molecule has 6 N–H and O–H groups in total. The Bertz CT molecular complexity index is 1560. The number of unbranched alkanes of at least 4 members (excludes halogenated alkanes) is 54. The molecule has 0 aromatic heterocycles. The summed E-state index contributed by atoms with van der Waals surface area (Å²) in [5.41, 5.74) is 0. The molecule has 0 aliphatic carbocycles. The molecule has 90 heavy (non-hydrogen) atoms. The van der Waals surface area contributed by atoms with Gasteiger partial charge in [0.25, 0.3) is 0 Å². The van der Waals surface area contributed by atoms with E-state index in [1.54, 1.807) is 6.08 Å². The topological polar surface area (TPSA) is 175 Å². The number of carbonyl (C=O) groups excluding carboxylic acids is 2. The van der Waals surface area contributed by atoms with Crippen LogP contribution in [0.2, 0.25) is 0 Å². The van der Waals surface area contributed by atoms with E-state index in [1.807, 2.05) is 6.08 Å². The van der Waals surface area contributed by atoms with Gasteiger partial charge in [-0.1, -0.05) is 373 Å². The molecule has 532 valence electrons. The van der Waals surface area contributed by atoms with Gasteiger partial charge in [0.2, 0.25) is 5.91 Å². The van der Waals surface area contributed by atoms with Crippen LogP contribution in [0, 0.1) is 0 Å². The first-order valence-corrected chi connectivity index (χ1v) is 39.6. The number of hydrogen-bond acceptors (Lipinski definition) is 10. The second kappa shape index (κ2) is 67.1. The molecule has 0 saturated carbocycles. The lowest BCUT2D eigenvalue weighted by molar-refractivity contribution is -0.305. The van der Waals surface area contributed by atoms with Crippen LogP contribution in [0.5, 0.6) is 0 Å². The van der Waals surface area contributed by atoms with Gasteiger partial charge >= 0.3 is 5.97 Å². The third-order valence-electron chi connectivity index (χ3n) is 19.1. The van der Waals surface area contributed by atoms with Gasteiger partial charge in [0, 0.05) is 6.42 Å². The zero-order chi connectivity index (χ0) is 65.3. The predicted molar refractivity (Wildman–Crippen MR) is 380 cm³/mol. The van der Waals surface area contributed by atoms with Crippen LogP contribution in [0.15, 0.2) is 24.3 Å². The normalized spacial score (nSPS) is 18.1. The molecule has 11 nitrogen and oxygen atoms in total. The van der Waals surface area contributed by atoms with E-state index in [1.165, 1.54) is 302 Å². The molecule has 0 bridgehead atoms. The van der Waals surface area contributed by atoms with Crippen molar-refractivity contribution in [2.45, 2.75) is 455 Å². The van der Waals surface area contributed by atoms with Crippen LogP contribution in [0.1, 0.15) is 406 Å². The van der Waals surface area contributed by atoms with Gasteiger partial charge in [0.1, 0.15) is 24.4 Å². The second-order valence-corrected chi connectivity index (χ2v) is 27.8. The fourth-order valence-electron chi connectivity index (χ4n) is 12.9. The predicted octanol–water partition coefficient (Wildman–Crippen LogP) is 21.1. The van der Waals surface area contributed by atoms with Gasteiger partial charge in [0.05, 0.1) is 25.4 Å². The summed E-state index contributed by atoms with van der Waals surface area (Å²) in [5.74, 6) is -1.17. The highest BCUT2D eigenvalue weighted by atomic mass is 16.7. The third-order valence-corrected chi connectivity index (χ3v) is 19.1. The molecule has 1 aliphatic heterocycles. The highest BCUT2D eigenvalue weighted by Gasteiger charge is 2.47. The monoisotopic (exact) mass is 1270 g/mol. The number of allylic oxidation sites excluding steroid dienone is 3. The molecule has 8 unspecified atom stereocenters. The van der Waals surface area contributed by atoms with Crippen LogP contribution in [0.25, 0.3) is 0 Å². The largest absolute Gasteiger partial charge is 0.454 e. The lowest BCUT2D eigenvalue weighted by atomic mass is 9.99. The van der Waals surface area contributed by atoms with Gasteiger partial charge in [-0.25, -0.2) is 0 Å². The average Bonchev–Trinajstić information content (AvgIpc) is 2.18. The number of rotatable bonds is 70. The van der Waals surface area contributed by atoms with E-state index in [0.29, 0.717) is 19.3 Å². The van der Waals surface area contributed by atoms with Crippen molar-refractivity contribution in [3.05, 3.63) is 24.3 Å². The van der Waals surface area contributed by atoms with E-state index < -0.39 is 67.4 Å². The Morgan fingerprint density at radius 2 is 0.733 bits per heavy atom. The van der Waals surface area contributed by atoms with Gasteiger partial charge in [-0.3, -0.25) is 9.59 Å². The number of aliphatic hydroxyl groups excluding tert-OH is 5. The molecule has 8 atom stereocenters. The van der Waals surface area contributed by atoms with E-state index in [0.717, 1.165) is 57.8 Å². The molecule has 1 heterocycles. The lowest BCUT2D eigenvalue weighted by Gasteiger charge is -2.41. The summed E-state index contributed by atoms with van der Waals surface area (Å²) >= 11 is 0. The molecular formula is C79H151NO10. The zero-order valence-electron chi connectivity index (χ0n) is 59.5. The van der Waals surface area contributed by atoms with Crippen molar-refractivity contribution < 1.29 is 49.3 Å². The Kier molecular flexibility index (Phi) is 64.3. The standard InChI is InChI=1S/C79H151NO10/c1-4-7-10-13-16-19-22-25-27-29-31-33-35-37-39-41-43-45-47-49-52-55-58-61-64-67-74(84)90-77-76(86)75(85)73(68-81)89-79(77)88-69-70(71(82)65-62-59-56-53-50-24-21-18-15-12-9-6-3)80-78(87)72(83)66-63-60-57-54-51-48-46-44-42-40-38-36-34-32-30-28-26-23-20-17-14-11-8-5-2/h26,28,62,65,70-73,75-77,79,81-83,85-86H,4-25,27,29-61,63-64,66-69H2,1-3H3,(H,80,87)/b28-26+,65-62+. The number of amides is 1. The average molecular weight is 1280 g/mol. The third kappa shape index (κ3) is 53.4. The van der Waals surface area contributed by atoms with Gasteiger partial charge in [-0.05, 0) is 51.4 Å². The first-order chi connectivity index (χ1) is 44.2. The molecule has 0 radical (unpaired) electrons. The summed E-state index contributed by atoms with van der Waals surface area (Å²) in [6.45, 7) is 5.87. The van der Waals surface area contributed by atoms with Crippen molar-refractivity contribution in [1.82, 2.24) is 5.32 Å². The summed E-state index contributed by atoms with van der Waals surface area (Å²) in [6, 6.07) is -1.02. The Labute approximate surface area is 556 Å². The van der Waals surface area contributed by atoms with E-state index >= 15 is 0 Å². The molecule has 0 spiro atoms. The van der Waals surface area contributed by atoms with Crippen LogP contribution < -0.4 is 5.32 Å². The van der Waals surface area contributed by atoms with Gasteiger partial charge < -0.3 is 45.1 Å². The van der Waals surface area contributed by atoms with Crippen molar-refractivity contribution in [2.75, 3.05) is 13.2 Å². The highest BCUT2D eigenvalue weighted by Crippen LogP contribution is 2.27. The number of ether oxygens (including phenoxy) is 3. The van der Waals surface area contributed by atoms with Gasteiger partial charge in [-0.15, -0.1) is 0 Å². The van der Waals surface area contributed by atoms with E-state index in [-0.39, 0.29) is 13.0 Å². The summed E-state index contributed by atoms with van der Waals surface area (Å²) in [7, 11) is 0. The first kappa shape index (κ1) is 86.2. The van der Waals surface area contributed by atoms with Crippen LogP contribution in [0.3, 0.4) is 0 Å². The van der Waals surface area contributed by atoms with Crippen molar-refractivity contribution in [3.63, 3.8) is 0 Å². The van der Waals surface area contributed by atoms with E-state index in [9.17, 15) is 35.1 Å². The fourth-order valence-corrected chi connectivity index (χ4v) is 12.9. The van der Waals surface area contributed by atoms with E-state index in [4.69, 9.17) is 14.2 Å². The van der Waals surface area contributed by atoms with Crippen molar-refractivity contribution in [3.8, 4) is 0 Å². The maximum Gasteiger partial charge on any atom is 0.306 e. The molecule has 0 aromatic rings. The van der Waals surface area contributed by atoms with Crippen LogP contribution >= 0.6 is 0 Å². The Balaban J connectivity index is 2.49. The quantitative estimate of drug-likeness (QED) is 0.0195. The minimum atomic E-state index is -1.61. The first-order valence-electron chi connectivity index (χ1n) is 39.6. The van der Waals surface area contributed by atoms with Crippen LogP contribution in [-0.4, -0.2) is 99.6 Å². The molecule has 1 rings (SSSR count). The summed E-state index contributed by atoms with van der Waals surface area (Å²) in [6.07, 6.45) is 72.4. The summed E-state index contributed by atoms with van der Waals surface area (Å²) in [5, 5.41) is 57.4. The zero-order valence-corrected chi connectivity index (χ0v) is 59.5. The van der Waals surface area contributed by atoms with Crippen LogP contribution in [0.4, 0.5) is 0 Å². The van der Waals surface area contributed by atoms with Crippen molar-refractivity contribution in [1.29, 1.82) is 0 Å². The fraction of sp³-hybridized carbons (Fsp3) is 0.924. The minimum Gasteiger partial charge on any atom is -0.454 e. The molecule has 11 heteroatoms. The number of nitrogens with one attached hydrogen (secondary N) is 1. The molecule has 1 fully saturated rings. The number of aliphatic hydroxyl groups is 5. The molecule has 1 saturated heterocycles. The summed E-state index contributed by atoms with van der Waals surface area (Å²) < 4.78 is 17.8. The van der Waals surface area contributed by atoms with Crippen molar-refractivity contribution >= 4 is 11.9 Å². The second-order valence-electron chi connectivity index (χ2n) is 27.8. The Morgan fingerprint density at radius 1 is 0.422 bits per heavy atom. The highest BCUT2D eigenvalue weighted by molar-refractivity contribution is 5.80. The number of esters is 1. The lowest BCUT2D eigenvalue weighted by Crippen LogP contribution is -2.61. The smallest absolute Gasteiger partial charge is 0.306 e. The molecule has 0 aromatic carbocycles. The molecule has 1 aliphatic rings. The number of hydrogen-bond donors (Lipinski definition) is 6. The Hall–Kier alpha value is -1.86. The minimum absolute atomic E-state index is 0.131. The van der Waals surface area contributed by atoms with E-state index in [2.05, 4.69) is 38.2 Å². The van der Waals surface area contributed by atoms with Crippen LogP contribution in [-0.2, 0) is 23.8 Å². The maximum atomic E-state index is 13.5. The van der Waals surface area contributed by atoms with Gasteiger partial charge in [0.15, 0.2) is 12.4 Å². The van der Waals surface area contributed by atoms with Gasteiger partial charge in [-0.2, -0.15) is 0 Å². The Morgan fingerprint density at radius 3 is 1.08 bits per heavy atom. The SMILES string of the molecule is CCCCCCCC/C=C/CCCCCCCCCCCCCCCCC(O)C(=O)NC(COC1OC(CO)C(O)C(O)C1OC(=O)CCCCCCCCCCCCCCCCCCCCCCCCCCC)C(O)/C=C/CCCCCCCCCCCC. The summed E-state index contributed by atoms with van der Waals surface area (Å²) in [4.78, 5) is 26.8. The number of carbonyl (C=O) groups is 2.